The molecule has 5 nitrogen and oxygen atoms in total. The SMILES string of the molecule is CCc1cc(C(=O)NC2c3ccc(Cl)cc3Oc3cc(Cl)ccc32)c(=O)[nH]c1C(F)(F)F. The zero-order valence-corrected chi connectivity index (χ0v) is 18.0. The highest BCUT2D eigenvalue weighted by Gasteiger charge is 2.36. The van der Waals surface area contributed by atoms with Gasteiger partial charge >= 0.3 is 6.18 Å². The molecule has 2 N–H and O–H groups in total. The third-order valence-corrected chi connectivity index (χ3v) is 5.57. The first-order valence-electron chi connectivity index (χ1n) is 9.49. The minimum absolute atomic E-state index is 0.0220. The Morgan fingerprint density at radius 2 is 1.62 bits per heavy atom. The summed E-state index contributed by atoms with van der Waals surface area (Å²) in [7, 11) is 0. The normalized spacial score (nSPS) is 13.2. The first-order chi connectivity index (χ1) is 15.1. The molecule has 0 saturated heterocycles. The molecule has 10 heteroatoms. The summed E-state index contributed by atoms with van der Waals surface area (Å²) in [5.74, 6) is -0.0651. The van der Waals surface area contributed by atoms with E-state index in [1.165, 1.54) is 6.92 Å². The van der Waals surface area contributed by atoms with Crippen LogP contribution in [0, 0.1) is 0 Å². The molecule has 2 aromatic carbocycles. The Labute approximate surface area is 190 Å². The van der Waals surface area contributed by atoms with Gasteiger partial charge in [0, 0.05) is 21.2 Å². The molecule has 4 rings (SSSR count). The van der Waals surface area contributed by atoms with Crippen molar-refractivity contribution in [3.8, 4) is 11.5 Å². The van der Waals surface area contributed by atoms with E-state index >= 15 is 0 Å². The van der Waals surface area contributed by atoms with Crippen LogP contribution in [0.15, 0.2) is 47.3 Å². The van der Waals surface area contributed by atoms with Gasteiger partial charge < -0.3 is 15.0 Å². The Kier molecular flexibility index (Phi) is 5.68. The fourth-order valence-electron chi connectivity index (χ4n) is 3.59. The Hall–Kier alpha value is -2.97. The molecule has 0 radical (unpaired) electrons. The molecule has 0 spiro atoms. The number of halogens is 5. The zero-order valence-electron chi connectivity index (χ0n) is 16.4. The second-order valence-electron chi connectivity index (χ2n) is 7.14. The van der Waals surface area contributed by atoms with E-state index in [2.05, 4.69) is 5.32 Å². The number of nitrogens with one attached hydrogen (secondary N) is 2. The van der Waals surface area contributed by atoms with Crippen LogP contribution in [-0.2, 0) is 12.6 Å². The van der Waals surface area contributed by atoms with Crippen molar-refractivity contribution >= 4 is 29.1 Å². The molecule has 3 aromatic rings. The average Bonchev–Trinajstić information content (AvgIpc) is 2.72. The van der Waals surface area contributed by atoms with Crippen LogP contribution in [0.25, 0.3) is 0 Å². The lowest BCUT2D eigenvalue weighted by Crippen LogP contribution is -2.35. The second kappa shape index (κ2) is 8.18. The number of aromatic nitrogens is 1. The van der Waals surface area contributed by atoms with Crippen LogP contribution in [0.1, 0.15) is 45.7 Å². The molecule has 0 unspecified atom stereocenters. The van der Waals surface area contributed by atoms with Gasteiger partial charge in [0.2, 0.25) is 0 Å². The number of hydrogen-bond donors (Lipinski definition) is 2. The summed E-state index contributed by atoms with van der Waals surface area (Å²) in [6.45, 7) is 1.50. The molecule has 0 bridgehead atoms. The van der Waals surface area contributed by atoms with Gasteiger partial charge in [-0.3, -0.25) is 9.59 Å². The van der Waals surface area contributed by atoms with Crippen LogP contribution in [0.2, 0.25) is 10.0 Å². The molecule has 2 heterocycles. The number of pyridine rings is 1. The summed E-state index contributed by atoms with van der Waals surface area (Å²) in [4.78, 5) is 27.2. The number of hydrogen-bond acceptors (Lipinski definition) is 3. The van der Waals surface area contributed by atoms with Gasteiger partial charge in [0.25, 0.3) is 11.5 Å². The Balaban J connectivity index is 1.77. The number of H-pyrrole nitrogens is 1. The van der Waals surface area contributed by atoms with Gasteiger partial charge in [-0.1, -0.05) is 42.3 Å². The van der Waals surface area contributed by atoms with E-state index in [0.29, 0.717) is 32.7 Å². The Morgan fingerprint density at radius 3 is 2.12 bits per heavy atom. The lowest BCUT2D eigenvalue weighted by Gasteiger charge is -2.29. The zero-order chi connectivity index (χ0) is 23.2. The summed E-state index contributed by atoms with van der Waals surface area (Å²) >= 11 is 12.1. The standard InChI is InChI=1S/C22H15Cl2F3N2O3/c1-2-10-7-15(21(31)29-19(10)22(25,26)27)20(30)28-18-13-5-3-11(23)8-16(13)32-17-9-12(24)4-6-14(17)18/h3-9,18H,2H2,1H3,(H,28,30)(H,29,31). The van der Waals surface area contributed by atoms with Gasteiger partial charge in [-0.25, -0.2) is 0 Å². The monoisotopic (exact) mass is 482 g/mol. The summed E-state index contributed by atoms with van der Waals surface area (Å²) in [6, 6.07) is 9.92. The third-order valence-electron chi connectivity index (χ3n) is 5.10. The molecule has 166 valence electrons. The van der Waals surface area contributed by atoms with Crippen LogP contribution in [0.5, 0.6) is 11.5 Å². The number of aryl methyl sites for hydroxylation is 1. The van der Waals surface area contributed by atoms with Gasteiger partial charge in [0.05, 0.1) is 6.04 Å². The quantitative estimate of drug-likeness (QED) is 0.488. The lowest BCUT2D eigenvalue weighted by atomic mass is 9.94. The molecular formula is C22H15Cl2F3N2O3. The maximum atomic E-state index is 13.2. The first-order valence-corrected chi connectivity index (χ1v) is 10.2. The smallest absolute Gasteiger partial charge is 0.431 e. The summed E-state index contributed by atoms with van der Waals surface area (Å²) in [6.07, 6.45) is -4.76. The lowest BCUT2D eigenvalue weighted by molar-refractivity contribution is -0.141. The van der Waals surface area contributed by atoms with Gasteiger partial charge in [-0.2, -0.15) is 13.2 Å². The van der Waals surface area contributed by atoms with Crippen molar-refractivity contribution < 1.29 is 22.7 Å². The van der Waals surface area contributed by atoms with Gasteiger partial charge in [0.1, 0.15) is 22.8 Å². The van der Waals surface area contributed by atoms with Crippen LogP contribution >= 0.6 is 23.2 Å². The second-order valence-corrected chi connectivity index (χ2v) is 8.01. The van der Waals surface area contributed by atoms with Crippen molar-refractivity contribution in [1.82, 2.24) is 10.3 Å². The first kappa shape index (κ1) is 22.2. The number of fused-ring (bicyclic) bond motifs is 2. The van der Waals surface area contributed by atoms with E-state index in [-0.39, 0.29) is 12.0 Å². The van der Waals surface area contributed by atoms with E-state index in [4.69, 9.17) is 27.9 Å². The molecular weight excluding hydrogens is 468 g/mol. The fourth-order valence-corrected chi connectivity index (χ4v) is 3.92. The molecule has 0 saturated carbocycles. The van der Waals surface area contributed by atoms with Gasteiger partial charge in [-0.15, -0.1) is 0 Å². The van der Waals surface area contributed by atoms with E-state index in [1.54, 1.807) is 41.4 Å². The van der Waals surface area contributed by atoms with Crippen molar-refractivity contribution in [2.24, 2.45) is 0 Å². The predicted molar refractivity (Wildman–Crippen MR) is 114 cm³/mol. The van der Waals surface area contributed by atoms with Crippen LogP contribution in [0.3, 0.4) is 0 Å². The molecule has 1 aliphatic rings. The highest BCUT2D eigenvalue weighted by molar-refractivity contribution is 6.31. The van der Waals surface area contributed by atoms with E-state index in [1.807, 2.05) is 0 Å². The van der Waals surface area contributed by atoms with Crippen LogP contribution < -0.4 is 15.6 Å². The number of ether oxygens (including phenoxy) is 1. The number of carbonyl (C=O) groups excluding carboxylic acids is 1. The molecule has 0 fully saturated rings. The number of amides is 1. The van der Waals surface area contributed by atoms with Crippen molar-refractivity contribution in [1.29, 1.82) is 0 Å². The Morgan fingerprint density at radius 1 is 1.06 bits per heavy atom. The summed E-state index contributed by atoms with van der Waals surface area (Å²) in [5.41, 5.74) is -1.77. The Bertz CT molecular complexity index is 1240. The third kappa shape index (κ3) is 4.08. The highest BCUT2D eigenvalue weighted by atomic mass is 35.5. The van der Waals surface area contributed by atoms with Gasteiger partial charge in [0.15, 0.2) is 0 Å². The number of aromatic amines is 1. The molecule has 32 heavy (non-hydrogen) atoms. The van der Waals surface area contributed by atoms with Crippen LogP contribution in [-0.4, -0.2) is 10.9 Å². The maximum absolute atomic E-state index is 13.2. The molecule has 0 atom stereocenters. The number of alkyl halides is 3. The summed E-state index contributed by atoms with van der Waals surface area (Å²) < 4.78 is 45.5. The summed E-state index contributed by atoms with van der Waals surface area (Å²) in [5, 5.41) is 3.55. The van der Waals surface area contributed by atoms with E-state index in [9.17, 15) is 22.8 Å². The topological polar surface area (TPSA) is 71.2 Å². The molecule has 0 aliphatic carbocycles. The largest absolute Gasteiger partial charge is 0.456 e. The van der Waals surface area contributed by atoms with Crippen molar-refractivity contribution in [2.45, 2.75) is 25.6 Å². The van der Waals surface area contributed by atoms with Crippen molar-refractivity contribution in [3.05, 3.63) is 90.8 Å². The molecule has 1 aromatic heterocycles. The fraction of sp³-hybridized carbons (Fsp3) is 0.182. The van der Waals surface area contributed by atoms with Crippen molar-refractivity contribution in [2.75, 3.05) is 0 Å². The molecule has 1 aliphatic heterocycles. The number of carbonyl (C=O) groups is 1. The van der Waals surface area contributed by atoms with E-state index in [0.717, 1.165) is 6.07 Å². The highest BCUT2D eigenvalue weighted by Crippen LogP contribution is 2.44. The molecule has 1 amide bonds. The maximum Gasteiger partial charge on any atom is 0.431 e. The predicted octanol–water partition coefficient (Wildman–Crippen LogP) is 5.89. The van der Waals surface area contributed by atoms with E-state index < -0.39 is 34.9 Å². The van der Waals surface area contributed by atoms with Crippen LogP contribution in [0.4, 0.5) is 13.2 Å². The minimum Gasteiger partial charge on any atom is -0.456 e. The number of rotatable bonds is 3. The van der Waals surface area contributed by atoms with Gasteiger partial charge in [-0.05, 0) is 42.3 Å². The number of benzene rings is 2. The minimum atomic E-state index is -4.74. The average molecular weight is 483 g/mol. The van der Waals surface area contributed by atoms with Crippen molar-refractivity contribution in [3.63, 3.8) is 0 Å².